The Balaban J connectivity index is 2.34. The summed E-state index contributed by atoms with van der Waals surface area (Å²) in [6, 6.07) is 8.73. The Labute approximate surface area is 134 Å². The molecule has 0 spiro atoms. The van der Waals surface area contributed by atoms with Crippen LogP contribution in [0.5, 0.6) is 0 Å². The van der Waals surface area contributed by atoms with Gasteiger partial charge in [0, 0.05) is 18.0 Å². The fourth-order valence-electron chi connectivity index (χ4n) is 3.11. The zero-order valence-electron chi connectivity index (χ0n) is 14.3. The lowest BCUT2D eigenvalue weighted by Crippen LogP contribution is -2.52. The van der Waals surface area contributed by atoms with Gasteiger partial charge in [0.15, 0.2) is 0 Å². The van der Waals surface area contributed by atoms with E-state index in [2.05, 4.69) is 58.0 Å². The molecule has 0 radical (unpaired) electrons. The summed E-state index contributed by atoms with van der Waals surface area (Å²) >= 11 is 0. The number of benzene rings is 1. The van der Waals surface area contributed by atoms with Crippen LogP contribution in [0.2, 0.25) is 0 Å². The summed E-state index contributed by atoms with van der Waals surface area (Å²) in [4.78, 5) is 14.2. The maximum Gasteiger partial charge on any atom is 0.410 e. The van der Waals surface area contributed by atoms with Crippen LogP contribution in [-0.2, 0) is 10.2 Å². The van der Waals surface area contributed by atoms with Gasteiger partial charge in [0.25, 0.3) is 0 Å². The van der Waals surface area contributed by atoms with Gasteiger partial charge in [-0.2, -0.15) is 0 Å². The van der Waals surface area contributed by atoms with Crippen LogP contribution in [0.4, 0.5) is 4.79 Å². The second-order valence-corrected chi connectivity index (χ2v) is 6.71. The highest BCUT2D eigenvalue weighted by Gasteiger charge is 2.39. The molecule has 0 bridgehead atoms. The highest BCUT2D eigenvalue weighted by atomic mass is 16.6. The standard InChI is InChI=1S/C19H27NO2/c1-6-22-18(21)20-12-11-15(3)13-17(20)19(4,5)16-9-7-14(2)8-10-16/h7-11,17H,6,12-13H2,1-5H3. The van der Waals surface area contributed by atoms with Gasteiger partial charge in [-0.3, -0.25) is 0 Å². The summed E-state index contributed by atoms with van der Waals surface area (Å²) < 4.78 is 5.25. The van der Waals surface area contributed by atoms with Gasteiger partial charge >= 0.3 is 6.09 Å². The summed E-state index contributed by atoms with van der Waals surface area (Å²) in [5.74, 6) is 0. The third-order valence-corrected chi connectivity index (χ3v) is 4.66. The zero-order valence-corrected chi connectivity index (χ0v) is 14.3. The molecule has 0 N–H and O–H groups in total. The Morgan fingerprint density at radius 2 is 1.91 bits per heavy atom. The van der Waals surface area contributed by atoms with Gasteiger partial charge in [-0.25, -0.2) is 4.79 Å². The Morgan fingerprint density at radius 1 is 1.27 bits per heavy atom. The second kappa shape index (κ2) is 6.55. The van der Waals surface area contributed by atoms with Crippen molar-refractivity contribution in [3.05, 3.63) is 47.0 Å². The predicted octanol–water partition coefficient (Wildman–Crippen LogP) is 4.45. The first-order valence-electron chi connectivity index (χ1n) is 8.02. The van der Waals surface area contributed by atoms with E-state index in [4.69, 9.17) is 4.74 Å². The molecule has 22 heavy (non-hydrogen) atoms. The molecule has 0 aromatic heterocycles. The lowest BCUT2D eigenvalue weighted by molar-refractivity contribution is 0.0746. The van der Waals surface area contributed by atoms with Crippen molar-refractivity contribution in [3.8, 4) is 0 Å². The Morgan fingerprint density at radius 3 is 2.50 bits per heavy atom. The van der Waals surface area contributed by atoms with E-state index >= 15 is 0 Å². The number of nitrogens with zero attached hydrogens (tertiary/aromatic N) is 1. The maximum atomic E-state index is 12.3. The molecule has 1 aliphatic heterocycles. The van der Waals surface area contributed by atoms with Gasteiger partial charge in [0.2, 0.25) is 0 Å². The minimum Gasteiger partial charge on any atom is -0.450 e. The number of ether oxygens (including phenoxy) is 1. The largest absolute Gasteiger partial charge is 0.450 e. The molecule has 0 saturated heterocycles. The highest BCUT2D eigenvalue weighted by Crippen LogP contribution is 2.36. The molecule has 1 unspecified atom stereocenters. The van der Waals surface area contributed by atoms with Gasteiger partial charge in [-0.1, -0.05) is 55.3 Å². The lowest BCUT2D eigenvalue weighted by atomic mass is 9.73. The molecule has 1 amide bonds. The molecule has 3 heteroatoms. The van der Waals surface area contributed by atoms with Crippen molar-refractivity contribution < 1.29 is 9.53 Å². The second-order valence-electron chi connectivity index (χ2n) is 6.71. The molecule has 3 nitrogen and oxygen atoms in total. The van der Waals surface area contributed by atoms with Crippen molar-refractivity contribution in [3.63, 3.8) is 0 Å². The molecule has 0 saturated carbocycles. The van der Waals surface area contributed by atoms with Crippen LogP contribution in [0.15, 0.2) is 35.9 Å². The Kier molecular flexibility index (Phi) is 4.94. The molecule has 1 aromatic rings. The van der Waals surface area contributed by atoms with E-state index in [-0.39, 0.29) is 17.6 Å². The minimum absolute atomic E-state index is 0.110. The number of hydrogen-bond acceptors (Lipinski definition) is 2. The molecule has 120 valence electrons. The number of carbonyl (C=O) groups excluding carboxylic acids is 1. The predicted molar refractivity (Wildman–Crippen MR) is 90.1 cm³/mol. The van der Waals surface area contributed by atoms with Crippen molar-refractivity contribution >= 4 is 6.09 Å². The average molecular weight is 301 g/mol. The van der Waals surface area contributed by atoms with Crippen molar-refractivity contribution in [1.29, 1.82) is 0 Å². The molecular weight excluding hydrogens is 274 g/mol. The lowest BCUT2D eigenvalue weighted by Gasteiger charge is -2.44. The monoisotopic (exact) mass is 301 g/mol. The summed E-state index contributed by atoms with van der Waals surface area (Å²) in [5, 5.41) is 0. The van der Waals surface area contributed by atoms with Crippen LogP contribution >= 0.6 is 0 Å². The molecule has 0 aliphatic carbocycles. The highest BCUT2D eigenvalue weighted by molar-refractivity contribution is 5.69. The van der Waals surface area contributed by atoms with Gasteiger partial charge in [0.1, 0.15) is 0 Å². The van der Waals surface area contributed by atoms with Gasteiger partial charge < -0.3 is 9.64 Å². The van der Waals surface area contributed by atoms with Crippen LogP contribution < -0.4 is 0 Å². The molecule has 0 fully saturated rings. The van der Waals surface area contributed by atoms with Crippen molar-refractivity contribution in [1.82, 2.24) is 4.90 Å². The van der Waals surface area contributed by atoms with E-state index in [1.165, 1.54) is 16.7 Å². The van der Waals surface area contributed by atoms with E-state index in [0.717, 1.165) is 6.42 Å². The third kappa shape index (κ3) is 3.34. The van der Waals surface area contributed by atoms with Gasteiger partial charge in [-0.05, 0) is 32.8 Å². The fraction of sp³-hybridized carbons (Fsp3) is 0.526. The van der Waals surface area contributed by atoms with Crippen LogP contribution in [0.1, 0.15) is 45.2 Å². The van der Waals surface area contributed by atoms with Crippen LogP contribution in [-0.4, -0.2) is 30.2 Å². The van der Waals surface area contributed by atoms with E-state index in [1.807, 2.05) is 11.8 Å². The van der Waals surface area contributed by atoms with Gasteiger partial charge in [0.05, 0.1) is 6.61 Å². The van der Waals surface area contributed by atoms with Crippen LogP contribution in [0.3, 0.4) is 0 Å². The Bertz CT molecular complexity index is 557. The quantitative estimate of drug-likeness (QED) is 0.772. The van der Waals surface area contributed by atoms with E-state index in [0.29, 0.717) is 13.2 Å². The van der Waals surface area contributed by atoms with Crippen LogP contribution in [0, 0.1) is 6.92 Å². The van der Waals surface area contributed by atoms with Gasteiger partial charge in [-0.15, -0.1) is 0 Å². The SMILES string of the molecule is CCOC(=O)N1CC=C(C)CC1C(C)(C)c1ccc(C)cc1. The minimum atomic E-state index is -0.212. The summed E-state index contributed by atoms with van der Waals surface area (Å²) in [5.41, 5.74) is 3.72. The summed E-state index contributed by atoms with van der Waals surface area (Å²) in [6.07, 6.45) is 2.80. The van der Waals surface area contributed by atoms with Crippen molar-refractivity contribution in [2.45, 2.75) is 52.5 Å². The zero-order chi connectivity index (χ0) is 16.3. The van der Waals surface area contributed by atoms with E-state index in [1.54, 1.807) is 0 Å². The molecule has 1 heterocycles. The molecule has 1 atom stereocenters. The number of carbonyl (C=O) groups is 1. The summed E-state index contributed by atoms with van der Waals surface area (Å²) in [6.45, 7) is 11.6. The number of aryl methyl sites for hydroxylation is 1. The van der Waals surface area contributed by atoms with E-state index in [9.17, 15) is 4.79 Å². The molecule has 2 rings (SSSR count). The molecule has 1 aliphatic rings. The fourth-order valence-corrected chi connectivity index (χ4v) is 3.11. The Hall–Kier alpha value is -1.77. The first-order valence-corrected chi connectivity index (χ1v) is 8.02. The maximum absolute atomic E-state index is 12.3. The normalized spacial score (nSPS) is 18.9. The third-order valence-electron chi connectivity index (χ3n) is 4.66. The average Bonchev–Trinajstić information content (AvgIpc) is 2.47. The first kappa shape index (κ1) is 16.6. The van der Waals surface area contributed by atoms with Crippen molar-refractivity contribution in [2.75, 3.05) is 13.2 Å². The summed E-state index contributed by atoms with van der Waals surface area (Å²) in [7, 11) is 0. The number of hydrogen-bond donors (Lipinski definition) is 0. The van der Waals surface area contributed by atoms with Crippen molar-refractivity contribution in [2.24, 2.45) is 0 Å². The number of amides is 1. The topological polar surface area (TPSA) is 29.5 Å². The number of rotatable bonds is 3. The first-order chi connectivity index (χ1) is 10.4. The smallest absolute Gasteiger partial charge is 0.410 e. The molecular formula is C19H27NO2. The van der Waals surface area contributed by atoms with Crippen LogP contribution in [0.25, 0.3) is 0 Å². The van der Waals surface area contributed by atoms with E-state index < -0.39 is 0 Å². The molecule has 1 aromatic carbocycles.